The third kappa shape index (κ3) is 2.43. The first-order valence-electron chi connectivity index (χ1n) is 7.04. The molecule has 112 valence electrons. The van der Waals surface area contributed by atoms with Crippen molar-refractivity contribution in [1.82, 2.24) is 24.8 Å². The molecule has 7 nitrogen and oxygen atoms in total. The first-order valence-corrected chi connectivity index (χ1v) is 7.04. The highest BCUT2D eigenvalue weighted by Gasteiger charge is 2.33. The smallest absolute Gasteiger partial charge is 0.225 e. The third-order valence-corrected chi connectivity index (χ3v) is 3.68. The molecule has 0 radical (unpaired) electrons. The topological polar surface area (TPSA) is 75.9 Å². The van der Waals surface area contributed by atoms with Crippen molar-refractivity contribution in [3.63, 3.8) is 0 Å². The van der Waals surface area contributed by atoms with Gasteiger partial charge in [-0.2, -0.15) is 0 Å². The van der Waals surface area contributed by atoms with Crippen LogP contribution in [0, 0.1) is 5.41 Å². The maximum absolute atomic E-state index is 12.0. The predicted molar refractivity (Wildman–Crippen MR) is 79.9 cm³/mol. The lowest BCUT2D eigenvalue weighted by Gasteiger charge is -2.41. The first-order chi connectivity index (χ1) is 9.86. The lowest BCUT2D eigenvalue weighted by atomic mass is 9.94. The van der Waals surface area contributed by atoms with Crippen LogP contribution < -0.4 is 10.2 Å². The highest BCUT2D eigenvalue weighted by Crippen LogP contribution is 2.25. The summed E-state index contributed by atoms with van der Waals surface area (Å²) in [5.41, 5.74) is 1.27. The first kappa shape index (κ1) is 13.8. The van der Waals surface area contributed by atoms with E-state index in [0.29, 0.717) is 0 Å². The number of aromatic nitrogens is 4. The highest BCUT2D eigenvalue weighted by molar-refractivity contribution is 5.85. The van der Waals surface area contributed by atoms with Crippen LogP contribution in [0.4, 0.5) is 5.82 Å². The zero-order valence-corrected chi connectivity index (χ0v) is 12.8. The van der Waals surface area contributed by atoms with Crippen LogP contribution >= 0.6 is 0 Å². The molecule has 1 aliphatic heterocycles. The van der Waals surface area contributed by atoms with E-state index in [9.17, 15) is 4.79 Å². The van der Waals surface area contributed by atoms with Crippen LogP contribution in [-0.4, -0.2) is 44.6 Å². The van der Waals surface area contributed by atoms with Gasteiger partial charge >= 0.3 is 0 Å². The summed E-state index contributed by atoms with van der Waals surface area (Å²) in [5, 5.41) is 3.06. The maximum Gasteiger partial charge on any atom is 0.225 e. The SMILES string of the molecule is Cn1cnc2c(N3CC(NC(=O)C(C)(C)C)C3)ncnc21. The average molecular weight is 288 g/mol. The second-order valence-corrected chi connectivity index (χ2v) is 6.55. The molecule has 1 N–H and O–H groups in total. The molecule has 2 aromatic heterocycles. The van der Waals surface area contributed by atoms with E-state index >= 15 is 0 Å². The van der Waals surface area contributed by atoms with Crippen LogP contribution in [0.15, 0.2) is 12.7 Å². The van der Waals surface area contributed by atoms with Gasteiger partial charge in [-0.05, 0) is 0 Å². The second kappa shape index (κ2) is 4.68. The predicted octanol–water partition coefficient (Wildman–Crippen LogP) is 0.714. The fourth-order valence-electron chi connectivity index (χ4n) is 2.31. The lowest BCUT2D eigenvalue weighted by Crippen LogP contribution is -2.61. The van der Waals surface area contributed by atoms with E-state index in [1.54, 1.807) is 12.7 Å². The van der Waals surface area contributed by atoms with Gasteiger partial charge in [0.1, 0.15) is 6.33 Å². The van der Waals surface area contributed by atoms with Crippen LogP contribution in [0.2, 0.25) is 0 Å². The fourth-order valence-corrected chi connectivity index (χ4v) is 2.31. The standard InChI is InChI=1S/C14H20N6O/c1-14(2,3)13(21)18-9-5-20(6-9)12-10-11(15-7-16-12)19(4)8-17-10/h7-9H,5-6H2,1-4H3,(H,18,21). The number of aryl methyl sites for hydroxylation is 1. The number of nitrogens with zero attached hydrogens (tertiary/aromatic N) is 5. The Balaban J connectivity index is 1.70. The van der Waals surface area contributed by atoms with Crippen LogP contribution in [0.1, 0.15) is 20.8 Å². The van der Waals surface area contributed by atoms with Gasteiger partial charge in [-0.25, -0.2) is 15.0 Å². The Bertz CT molecular complexity index is 680. The number of carbonyl (C=O) groups is 1. The van der Waals surface area contributed by atoms with Gasteiger partial charge in [0.15, 0.2) is 17.0 Å². The number of hydrogen-bond donors (Lipinski definition) is 1. The minimum absolute atomic E-state index is 0.0813. The van der Waals surface area contributed by atoms with E-state index in [1.165, 1.54) is 0 Å². The molecule has 0 atom stereocenters. The summed E-state index contributed by atoms with van der Waals surface area (Å²) in [6.45, 7) is 7.26. The molecule has 1 saturated heterocycles. The highest BCUT2D eigenvalue weighted by atomic mass is 16.2. The molecule has 0 saturated carbocycles. The van der Waals surface area contributed by atoms with Crippen LogP contribution in [0.5, 0.6) is 0 Å². The van der Waals surface area contributed by atoms with Crippen molar-refractivity contribution >= 4 is 22.9 Å². The van der Waals surface area contributed by atoms with Crippen molar-refractivity contribution in [3.05, 3.63) is 12.7 Å². The average Bonchev–Trinajstić information content (AvgIpc) is 2.74. The van der Waals surface area contributed by atoms with Gasteiger partial charge in [-0.15, -0.1) is 0 Å². The Morgan fingerprint density at radius 3 is 2.67 bits per heavy atom. The van der Waals surface area contributed by atoms with Crippen molar-refractivity contribution in [2.24, 2.45) is 12.5 Å². The second-order valence-electron chi connectivity index (χ2n) is 6.55. The summed E-state index contributed by atoms with van der Waals surface area (Å²) >= 11 is 0. The number of carbonyl (C=O) groups excluding carboxylic acids is 1. The molecule has 7 heteroatoms. The van der Waals surface area contributed by atoms with Crippen molar-refractivity contribution in [3.8, 4) is 0 Å². The fraction of sp³-hybridized carbons (Fsp3) is 0.571. The molecule has 21 heavy (non-hydrogen) atoms. The molecular weight excluding hydrogens is 268 g/mol. The maximum atomic E-state index is 12.0. The molecule has 1 amide bonds. The lowest BCUT2D eigenvalue weighted by molar-refractivity contribution is -0.129. The number of nitrogens with one attached hydrogen (secondary N) is 1. The van der Waals surface area contributed by atoms with Crippen molar-refractivity contribution in [2.45, 2.75) is 26.8 Å². The summed E-state index contributed by atoms with van der Waals surface area (Å²) in [5.74, 6) is 0.916. The Kier molecular flexibility index (Phi) is 3.07. The van der Waals surface area contributed by atoms with Gasteiger partial charge in [0.05, 0.1) is 12.4 Å². The molecule has 2 aromatic rings. The van der Waals surface area contributed by atoms with Crippen molar-refractivity contribution < 1.29 is 4.79 Å². The molecule has 0 bridgehead atoms. The molecule has 3 rings (SSSR count). The molecule has 3 heterocycles. The summed E-state index contributed by atoms with van der Waals surface area (Å²) in [4.78, 5) is 27.0. The van der Waals surface area contributed by atoms with Crippen LogP contribution in [0.3, 0.4) is 0 Å². The monoisotopic (exact) mass is 288 g/mol. The van der Waals surface area contributed by atoms with E-state index < -0.39 is 0 Å². The number of amides is 1. The van der Waals surface area contributed by atoms with Gasteiger partial charge in [0, 0.05) is 25.6 Å². The molecule has 0 aliphatic carbocycles. The zero-order valence-electron chi connectivity index (χ0n) is 12.8. The Labute approximate surface area is 123 Å². The van der Waals surface area contributed by atoms with E-state index in [0.717, 1.165) is 30.1 Å². The molecule has 0 aromatic carbocycles. The summed E-state index contributed by atoms with van der Waals surface area (Å²) in [6.07, 6.45) is 3.29. The molecule has 0 spiro atoms. The molecule has 0 unspecified atom stereocenters. The summed E-state index contributed by atoms with van der Waals surface area (Å²) < 4.78 is 1.87. The normalized spacial score (nSPS) is 16.1. The summed E-state index contributed by atoms with van der Waals surface area (Å²) in [7, 11) is 1.91. The number of hydrogen-bond acceptors (Lipinski definition) is 5. The summed E-state index contributed by atoms with van der Waals surface area (Å²) in [6, 6.07) is 0.172. The van der Waals surface area contributed by atoms with Gasteiger partial charge in [-0.3, -0.25) is 4.79 Å². The Morgan fingerprint density at radius 2 is 2.00 bits per heavy atom. The zero-order chi connectivity index (χ0) is 15.2. The molecule has 1 aliphatic rings. The van der Waals surface area contributed by atoms with Crippen LogP contribution in [0.25, 0.3) is 11.2 Å². The Hall–Kier alpha value is -2.18. The van der Waals surface area contributed by atoms with Gasteiger partial charge in [0.25, 0.3) is 0 Å². The molecule has 1 fully saturated rings. The van der Waals surface area contributed by atoms with Gasteiger partial charge in [0.2, 0.25) is 5.91 Å². The van der Waals surface area contributed by atoms with E-state index in [-0.39, 0.29) is 17.4 Å². The Morgan fingerprint density at radius 1 is 1.29 bits per heavy atom. The van der Waals surface area contributed by atoms with Gasteiger partial charge < -0.3 is 14.8 Å². The minimum Gasteiger partial charge on any atom is -0.350 e. The van der Waals surface area contributed by atoms with Crippen molar-refractivity contribution in [2.75, 3.05) is 18.0 Å². The van der Waals surface area contributed by atoms with E-state index in [4.69, 9.17) is 0 Å². The number of anilines is 1. The quantitative estimate of drug-likeness (QED) is 0.881. The third-order valence-electron chi connectivity index (χ3n) is 3.68. The molecular formula is C14H20N6O. The van der Waals surface area contributed by atoms with Gasteiger partial charge in [-0.1, -0.05) is 20.8 Å². The number of imidazole rings is 1. The largest absolute Gasteiger partial charge is 0.350 e. The van der Waals surface area contributed by atoms with E-state index in [2.05, 4.69) is 25.2 Å². The number of rotatable bonds is 2. The van der Waals surface area contributed by atoms with E-state index in [1.807, 2.05) is 32.4 Å². The van der Waals surface area contributed by atoms with Crippen LogP contribution in [-0.2, 0) is 11.8 Å². The minimum atomic E-state index is -0.358. The number of fused-ring (bicyclic) bond motifs is 1. The van der Waals surface area contributed by atoms with Crippen molar-refractivity contribution in [1.29, 1.82) is 0 Å².